The standard InChI is InChI=1S/C46H51N5O7/c1-29-16-21-37(57-27-31-14-12-11-13-15-31)30(2)41(29)43-42-36(24-40(49-43)50(6)25-32-17-19-34(53-7)22-38(32)55-9)44(48-28-47-42)51(45(52)58-46(3,4)5)26-33-18-20-35(54-8)23-39(33)56-10/h11-24,28H,25-27H2,1-10H3. The predicted molar refractivity (Wildman–Crippen MR) is 227 cm³/mol. The highest BCUT2D eigenvalue weighted by atomic mass is 16.6. The van der Waals surface area contributed by atoms with Gasteiger partial charge < -0.3 is 33.3 Å². The van der Waals surface area contributed by atoms with Crippen LogP contribution < -0.4 is 33.5 Å². The SMILES string of the molecule is COc1ccc(CN(C)c2cc3c(N(Cc4ccc(OC)cc4OC)C(=O)OC(C)(C)C)ncnc3c(-c3c(C)ccc(OCc4ccccc4)c3C)n2)c(OC)c1. The van der Waals surface area contributed by atoms with E-state index in [0.29, 0.717) is 69.9 Å². The van der Waals surface area contributed by atoms with Crippen molar-refractivity contribution in [3.8, 4) is 40.0 Å². The van der Waals surface area contributed by atoms with Crippen molar-refractivity contribution in [3.05, 3.63) is 119 Å². The molecule has 0 N–H and O–H groups in total. The number of pyridine rings is 1. The lowest BCUT2D eigenvalue weighted by Gasteiger charge is -2.28. The number of aryl methyl sites for hydroxylation is 1. The minimum Gasteiger partial charge on any atom is -0.497 e. The van der Waals surface area contributed by atoms with E-state index in [2.05, 4.69) is 0 Å². The highest BCUT2D eigenvalue weighted by Crippen LogP contribution is 2.40. The molecule has 0 aliphatic rings. The number of methoxy groups -OCH3 is 4. The Kier molecular flexibility index (Phi) is 12.5. The molecular weight excluding hydrogens is 735 g/mol. The second-order valence-electron chi connectivity index (χ2n) is 14.9. The molecule has 58 heavy (non-hydrogen) atoms. The van der Waals surface area contributed by atoms with Crippen LogP contribution in [0.25, 0.3) is 22.2 Å². The molecule has 12 nitrogen and oxygen atoms in total. The summed E-state index contributed by atoms with van der Waals surface area (Å²) in [7, 11) is 8.38. The fourth-order valence-electron chi connectivity index (χ4n) is 6.72. The molecule has 0 saturated carbocycles. The van der Waals surface area contributed by atoms with Crippen molar-refractivity contribution < 1.29 is 33.2 Å². The van der Waals surface area contributed by atoms with Gasteiger partial charge in [-0.05, 0) is 82.1 Å². The van der Waals surface area contributed by atoms with Crippen molar-refractivity contribution in [3.63, 3.8) is 0 Å². The largest absolute Gasteiger partial charge is 0.497 e. The maximum Gasteiger partial charge on any atom is 0.416 e. The second-order valence-corrected chi connectivity index (χ2v) is 14.9. The Morgan fingerprint density at radius 1 is 0.724 bits per heavy atom. The average Bonchev–Trinajstić information content (AvgIpc) is 3.22. The summed E-state index contributed by atoms with van der Waals surface area (Å²) in [6, 6.07) is 27.2. The van der Waals surface area contributed by atoms with Crippen LogP contribution in [0.4, 0.5) is 16.4 Å². The number of carbonyl (C=O) groups excluding carboxylic acids is 1. The first-order valence-corrected chi connectivity index (χ1v) is 18.9. The molecule has 302 valence electrons. The monoisotopic (exact) mass is 785 g/mol. The van der Waals surface area contributed by atoms with E-state index in [1.165, 1.54) is 11.2 Å². The number of carbonyl (C=O) groups is 1. The van der Waals surface area contributed by atoms with E-state index in [0.717, 1.165) is 33.6 Å². The van der Waals surface area contributed by atoms with Crippen LogP contribution in [-0.2, 0) is 24.4 Å². The van der Waals surface area contributed by atoms with Crippen LogP contribution in [0.3, 0.4) is 0 Å². The molecule has 6 aromatic rings. The van der Waals surface area contributed by atoms with Gasteiger partial charge in [0.1, 0.15) is 64.4 Å². The minimum absolute atomic E-state index is 0.0704. The molecule has 0 aliphatic carbocycles. The zero-order valence-electron chi connectivity index (χ0n) is 34.9. The van der Waals surface area contributed by atoms with Gasteiger partial charge >= 0.3 is 6.09 Å². The second kappa shape index (κ2) is 17.7. The van der Waals surface area contributed by atoms with Gasteiger partial charge in [0.05, 0.1) is 40.7 Å². The van der Waals surface area contributed by atoms with E-state index in [-0.39, 0.29) is 6.54 Å². The van der Waals surface area contributed by atoms with Gasteiger partial charge in [-0.3, -0.25) is 4.90 Å². The fraction of sp³-hybridized carbons (Fsp3) is 0.304. The first-order valence-electron chi connectivity index (χ1n) is 18.9. The number of benzene rings is 4. The van der Waals surface area contributed by atoms with E-state index in [1.54, 1.807) is 34.5 Å². The van der Waals surface area contributed by atoms with Crippen LogP contribution in [0.2, 0.25) is 0 Å². The third-order valence-corrected chi connectivity index (χ3v) is 9.67. The molecule has 6 rings (SSSR count). The Morgan fingerprint density at radius 3 is 1.97 bits per heavy atom. The van der Waals surface area contributed by atoms with Gasteiger partial charge in [-0.15, -0.1) is 0 Å². The molecule has 0 bridgehead atoms. The zero-order chi connectivity index (χ0) is 41.6. The summed E-state index contributed by atoms with van der Waals surface area (Å²) in [5.74, 6) is 4.19. The van der Waals surface area contributed by atoms with E-state index in [9.17, 15) is 4.79 Å². The lowest BCUT2D eigenvalue weighted by molar-refractivity contribution is 0.0576. The van der Waals surface area contributed by atoms with E-state index in [4.69, 9.17) is 43.4 Å². The third kappa shape index (κ3) is 9.18. The number of hydrogen-bond acceptors (Lipinski definition) is 11. The van der Waals surface area contributed by atoms with Crippen molar-refractivity contribution in [2.75, 3.05) is 45.3 Å². The molecule has 0 radical (unpaired) electrons. The number of amides is 1. The van der Waals surface area contributed by atoms with Crippen LogP contribution >= 0.6 is 0 Å². The first kappa shape index (κ1) is 41.1. The van der Waals surface area contributed by atoms with Crippen molar-refractivity contribution >= 4 is 28.6 Å². The smallest absolute Gasteiger partial charge is 0.416 e. The topological polar surface area (TPSA) is 118 Å². The number of fused-ring (bicyclic) bond motifs is 1. The molecule has 0 atom stereocenters. The molecule has 0 saturated heterocycles. The van der Waals surface area contributed by atoms with Crippen molar-refractivity contribution in [2.24, 2.45) is 0 Å². The van der Waals surface area contributed by atoms with Gasteiger partial charge in [0.25, 0.3) is 0 Å². The molecule has 0 fully saturated rings. The van der Waals surface area contributed by atoms with Gasteiger partial charge in [-0.2, -0.15) is 0 Å². The van der Waals surface area contributed by atoms with Gasteiger partial charge in [-0.1, -0.05) is 36.4 Å². The molecule has 12 heteroatoms. The number of anilines is 2. The molecule has 0 spiro atoms. The highest BCUT2D eigenvalue weighted by molar-refractivity contribution is 6.04. The van der Waals surface area contributed by atoms with Crippen LogP contribution in [0.15, 0.2) is 91.3 Å². The van der Waals surface area contributed by atoms with Gasteiger partial charge in [0.15, 0.2) is 0 Å². The quantitative estimate of drug-likeness (QED) is 0.105. The maximum atomic E-state index is 14.3. The normalized spacial score (nSPS) is 11.2. The number of aromatic nitrogens is 3. The van der Waals surface area contributed by atoms with Crippen molar-refractivity contribution in [2.45, 2.75) is 59.9 Å². The Morgan fingerprint density at radius 2 is 1.36 bits per heavy atom. The molecule has 2 aromatic heterocycles. The summed E-state index contributed by atoms with van der Waals surface area (Å²) in [5, 5.41) is 0.587. The fourth-order valence-corrected chi connectivity index (χ4v) is 6.72. The number of hydrogen-bond donors (Lipinski definition) is 0. The molecule has 1 amide bonds. The van der Waals surface area contributed by atoms with Crippen LogP contribution in [-0.4, -0.2) is 62.1 Å². The number of ether oxygens (including phenoxy) is 6. The Balaban J connectivity index is 1.56. The van der Waals surface area contributed by atoms with E-state index in [1.807, 2.05) is 125 Å². The molecule has 0 unspecified atom stereocenters. The lowest BCUT2D eigenvalue weighted by Crippen LogP contribution is -2.37. The first-order chi connectivity index (χ1) is 27.8. The Hall–Kier alpha value is -6.56. The maximum absolute atomic E-state index is 14.3. The van der Waals surface area contributed by atoms with Crippen LogP contribution in [0, 0.1) is 13.8 Å². The Labute approximate surface area is 340 Å². The van der Waals surface area contributed by atoms with Crippen molar-refractivity contribution in [1.82, 2.24) is 15.0 Å². The van der Waals surface area contributed by atoms with Gasteiger partial charge in [0.2, 0.25) is 0 Å². The molecule has 4 aromatic carbocycles. The highest BCUT2D eigenvalue weighted by Gasteiger charge is 2.29. The van der Waals surface area contributed by atoms with Crippen LogP contribution in [0.5, 0.6) is 28.7 Å². The molecule has 0 aliphatic heterocycles. The molecule has 2 heterocycles. The van der Waals surface area contributed by atoms with Crippen molar-refractivity contribution in [1.29, 1.82) is 0 Å². The zero-order valence-corrected chi connectivity index (χ0v) is 34.9. The van der Waals surface area contributed by atoms with Gasteiger partial charge in [0, 0.05) is 53.4 Å². The predicted octanol–water partition coefficient (Wildman–Crippen LogP) is 9.50. The summed E-state index contributed by atoms with van der Waals surface area (Å²) in [4.78, 5) is 32.8. The summed E-state index contributed by atoms with van der Waals surface area (Å²) in [6.45, 7) is 10.5. The summed E-state index contributed by atoms with van der Waals surface area (Å²) < 4.78 is 34.9. The number of nitrogens with zero attached hydrogens (tertiary/aromatic N) is 5. The summed E-state index contributed by atoms with van der Waals surface area (Å²) in [5.41, 5.74) is 5.78. The Bertz CT molecular complexity index is 2400. The minimum atomic E-state index is -0.800. The van der Waals surface area contributed by atoms with Gasteiger partial charge in [-0.25, -0.2) is 19.7 Å². The third-order valence-electron chi connectivity index (χ3n) is 9.67. The van der Waals surface area contributed by atoms with E-state index >= 15 is 0 Å². The van der Waals surface area contributed by atoms with Crippen LogP contribution in [0.1, 0.15) is 48.6 Å². The van der Waals surface area contributed by atoms with E-state index < -0.39 is 11.7 Å². The average molecular weight is 786 g/mol. The summed E-state index contributed by atoms with van der Waals surface area (Å²) >= 11 is 0. The summed E-state index contributed by atoms with van der Waals surface area (Å²) in [6.07, 6.45) is 0.864. The lowest BCUT2D eigenvalue weighted by atomic mass is 9.97. The number of rotatable bonds is 14. The molecular formula is C46H51N5O7.